The van der Waals surface area contributed by atoms with Gasteiger partial charge in [-0.3, -0.25) is 4.79 Å². The maximum Gasteiger partial charge on any atom is 0.339 e. The first kappa shape index (κ1) is 18.4. The van der Waals surface area contributed by atoms with Crippen molar-refractivity contribution in [3.63, 3.8) is 0 Å². The molecule has 0 unspecified atom stereocenters. The van der Waals surface area contributed by atoms with Gasteiger partial charge in [-0.1, -0.05) is 42.5 Å². The van der Waals surface area contributed by atoms with Crippen molar-refractivity contribution in [2.75, 3.05) is 11.9 Å². The standard InChI is InChI=1S/C22H16FN3O3/c23-16-9-3-4-10-17(16)24-20(27)13-29-22(28)15-8-2-1-7-14(15)21-25-18-11-5-6-12-19(18)26-21/h1-12H,13H2,(H,24,27)(H,25,26). The SMILES string of the molecule is O=C(COC(=O)c1ccccc1-c1nc2ccccc2[nH]1)Nc1ccccc1F. The number of halogens is 1. The Morgan fingerprint density at radius 3 is 2.52 bits per heavy atom. The fraction of sp³-hybridized carbons (Fsp3) is 0.0455. The molecule has 0 aliphatic carbocycles. The summed E-state index contributed by atoms with van der Waals surface area (Å²) in [5.74, 6) is -1.36. The van der Waals surface area contributed by atoms with Crippen LogP contribution in [0.15, 0.2) is 72.8 Å². The van der Waals surface area contributed by atoms with Crippen molar-refractivity contribution in [3.05, 3.63) is 84.2 Å². The van der Waals surface area contributed by atoms with Crippen molar-refractivity contribution < 1.29 is 18.7 Å². The number of para-hydroxylation sites is 3. The largest absolute Gasteiger partial charge is 0.452 e. The first-order valence-electron chi connectivity index (χ1n) is 8.87. The molecule has 4 aromatic rings. The van der Waals surface area contributed by atoms with Gasteiger partial charge in [0.25, 0.3) is 5.91 Å². The second kappa shape index (κ2) is 7.93. The molecule has 0 saturated heterocycles. The average Bonchev–Trinajstić information content (AvgIpc) is 3.18. The minimum absolute atomic E-state index is 0.0243. The Balaban J connectivity index is 1.49. The molecule has 0 bridgehead atoms. The molecular formula is C22H16FN3O3. The van der Waals surface area contributed by atoms with Crippen LogP contribution < -0.4 is 5.32 Å². The molecule has 3 aromatic carbocycles. The smallest absolute Gasteiger partial charge is 0.339 e. The Morgan fingerprint density at radius 2 is 1.69 bits per heavy atom. The number of hydrogen-bond acceptors (Lipinski definition) is 4. The van der Waals surface area contributed by atoms with Crippen LogP contribution in [-0.2, 0) is 9.53 Å². The molecule has 0 atom stereocenters. The second-order valence-corrected chi connectivity index (χ2v) is 6.25. The molecule has 1 amide bonds. The summed E-state index contributed by atoms with van der Waals surface area (Å²) in [5.41, 5.74) is 2.47. The van der Waals surface area contributed by atoms with Crippen LogP contribution in [0.3, 0.4) is 0 Å². The number of hydrogen-bond donors (Lipinski definition) is 2. The van der Waals surface area contributed by atoms with Crippen molar-refractivity contribution >= 4 is 28.6 Å². The zero-order valence-corrected chi connectivity index (χ0v) is 15.2. The summed E-state index contributed by atoms with van der Waals surface area (Å²) in [4.78, 5) is 32.2. The van der Waals surface area contributed by atoms with Gasteiger partial charge in [0, 0.05) is 5.56 Å². The summed E-state index contributed by atoms with van der Waals surface area (Å²) >= 11 is 0. The predicted molar refractivity (Wildman–Crippen MR) is 107 cm³/mol. The van der Waals surface area contributed by atoms with Gasteiger partial charge in [0.2, 0.25) is 0 Å². The van der Waals surface area contributed by atoms with Gasteiger partial charge in [-0.25, -0.2) is 14.2 Å². The molecule has 1 heterocycles. The highest BCUT2D eigenvalue weighted by molar-refractivity contribution is 5.99. The number of fused-ring (bicyclic) bond motifs is 1. The lowest BCUT2D eigenvalue weighted by Crippen LogP contribution is -2.21. The lowest BCUT2D eigenvalue weighted by molar-refractivity contribution is -0.119. The third kappa shape index (κ3) is 3.98. The van der Waals surface area contributed by atoms with Gasteiger partial charge in [-0.15, -0.1) is 0 Å². The molecule has 144 valence electrons. The van der Waals surface area contributed by atoms with Gasteiger partial charge in [0.15, 0.2) is 6.61 Å². The minimum Gasteiger partial charge on any atom is -0.452 e. The first-order valence-corrected chi connectivity index (χ1v) is 8.87. The summed E-state index contributed by atoms with van der Waals surface area (Å²) in [6.07, 6.45) is 0. The monoisotopic (exact) mass is 389 g/mol. The fourth-order valence-corrected chi connectivity index (χ4v) is 2.91. The summed E-state index contributed by atoms with van der Waals surface area (Å²) < 4.78 is 18.7. The van der Waals surface area contributed by atoms with Crippen LogP contribution in [0, 0.1) is 5.82 Å². The molecule has 7 heteroatoms. The highest BCUT2D eigenvalue weighted by Gasteiger charge is 2.18. The van der Waals surface area contributed by atoms with Gasteiger partial charge < -0.3 is 15.0 Å². The van der Waals surface area contributed by atoms with E-state index in [0.717, 1.165) is 11.0 Å². The number of anilines is 1. The maximum absolute atomic E-state index is 13.6. The zero-order valence-electron chi connectivity index (χ0n) is 15.2. The topological polar surface area (TPSA) is 84.1 Å². The number of benzene rings is 3. The number of carbonyl (C=O) groups is 2. The van der Waals surface area contributed by atoms with E-state index in [1.165, 1.54) is 18.2 Å². The zero-order chi connectivity index (χ0) is 20.2. The molecular weight excluding hydrogens is 373 g/mol. The van der Waals surface area contributed by atoms with Crippen LogP contribution in [-0.4, -0.2) is 28.5 Å². The first-order chi connectivity index (χ1) is 14.1. The third-order valence-electron chi connectivity index (χ3n) is 4.27. The molecule has 2 N–H and O–H groups in total. The number of ether oxygens (including phenoxy) is 1. The van der Waals surface area contributed by atoms with E-state index in [1.54, 1.807) is 30.3 Å². The van der Waals surface area contributed by atoms with Gasteiger partial charge in [0.1, 0.15) is 11.6 Å². The summed E-state index contributed by atoms with van der Waals surface area (Å²) in [7, 11) is 0. The predicted octanol–water partition coefficient (Wildman–Crippen LogP) is 4.16. The number of nitrogens with one attached hydrogen (secondary N) is 2. The molecule has 0 aliphatic heterocycles. The van der Waals surface area contributed by atoms with Crippen molar-refractivity contribution in [1.29, 1.82) is 0 Å². The van der Waals surface area contributed by atoms with Crippen LogP contribution in [0.2, 0.25) is 0 Å². The van der Waals surface area contributed by atoms with Crippen molar-refractivity contribution in [1.82, 2.24) is 9.97 Å². The minimum atomic E-state index is -0.676. The highest BCUT2D eigenvalue weighted by Crippen LogP contribution is 2.24. The molecule has 6 nitrogen and oxygen atoms in total. The lowest BCUT2D eigenvalue weighted by Gasteiger charge is -2.09. The number of H-pyrrole nitrogens is 1. The number of carbonyl (C=O) groups excluding carboxylic acids is 2. The van der Waals surface area contributed by atoms with E-state index < -0.39 is 24.3 Å². The Labute approximate surface area is 165 Å². The molecule has 0 spiro atoms. The summed E-state index contributed by atoms with van der Waals surface area (Å²) in [6, 6.07) is 20.1. The van der Waals surface area contributed by atoms with E-state index in [1.807, 2.05) is 24.3 Å². The van der Waals surface area contributed by atoms with Crippen LogP contribution in [0.5, 0.6) is 0 Å². The fourth-order valence-electron chi connectivity index (χ4n) is 2.91. The van der Waals surface area contributed by atoms with Gasteiger partial charge in [-0.05, 0) is 30.3 Å². The Hall–Kier alpha value is -4.00. The highest BCUT2D eigenvalue weighted by atomic mass is 19.1. The number of aromatic amines is 1. The maximum atomic E-state index is 13.6. The average molecular weight is 389 g/mol. The number of imidazole rings is 1. The van der Waals surface area contributed by atoms with E-state index in [9.17, 15) is 14.0 Å². The molecule has 0 fully saturated rings. The summed E-state index contributed by atoms with van der Waals surface area (Å²) in [6.45, 7) is -0.540. The van der Waals surface area contributed by atoms with E-state index in [-0.39, 0.29) is 11.3 Å². The second-order valence-electron chi connectivity index (χ2n) is 6.25. The lowest BCUT2D eigenvalue weighted by atomic mass is 10.1. The van der Waals surface area contributed by atoms with Crippen LogP contribution in [0.25, 0.3) is 22.4 Å². The van der Waals surface area contributed by atoms with E-state index in [0.29, 0.717) is 11.4 Å². The number of rotatable bonds is 5. The van der Waals surface area contributed by atoms with Gasteiger partial charge in [0.05, 0.1) is 22.3 Å². The van der Waals surface area contributed by atoms with E-state index in [4.69, 9.17) is 4.74 Å². The molecule has 29 heavy (non-hydrogen) atoms. The van der Waals surface area contributed by atoms with Crippen LogP contribution >= 0.6 is 0 Å². The Kier molecular flexibility index (Phi) is 5.03. The van der Waals surface area contributed by atoms with Crippen LogP contribution in [0.1, 0.15) is 10.4 Å². The van der Waals surface area contributed by atoms with Crippen molar-refractivity contribution in [2.45, 2.75) is 0 Å². The number of esters is 1. The van der Waals surface area contributed by atoms with E-state index in [2.05, 4.69) is 15.3 Å². The quantitative estimate of drug-likeness (QED) is 0.502. The number of nitrogens with zero attached hydrogens (tertiary/aromatic N) is 1. The molecule has 4 rings (SSSR count). The van der Waals surface area contributed by atoms with Crippen molar-refractivity contribution in [2.24, 2.45) is 0 Å². The Morgan fingerprint density at radius 1 is 0.966 bits per heavy atom. The molecule has 0 aliphatic rings. The number of amides is 1. The Bertz CT molecular complexity index is 1170. The summed E-state index contributed by atoms with van der Waals surface area (Å²) in [5, 5.41) is 2.37. The van der Waals surface area contributed by atoms with Gasteiger partial charge >= 0.3 is 5.97 Å². The molecule has 1 aromatic heterocycles. The third-order valence-corrected chi connectivity index (χ3v) is 4.27. The molecule has 0 saturated carbocycles. The normalized spacial score (nSPS) is 10.7. The van der Waals surface area contributed by atoms with Crippen molar-refractivity contribution in [3.8, 4) is 11.4 Å². The van der Waals surface area contributed by atoms with E-state index >= 15 is 0 Å². The molecule has 0 radical (unpaired) electrons. The van der Waals surface area contributed by atoms with Crippen LogP contribution in [0.4, 0.5) is 10.1 Å². The number of aromatic nitrogens is 2. The van der Waals surface area contributed by atoms with Gasteiger partial charge in [-0.2, -0.15) is 0 Å².